The zero-order chi connectivity index (χ0) is 17.3. The van der Waals surface area contributed by atoms with Gasteiger partial charge in [-0.3, -0.25) is 4.79 Å². The molecule has 4 heteroatoms. The molecular weight excluding hydrogens is 298 g/mol. The lowest BCUT2D eigenvalue weighted by Gasteiger charge is -2.19. The minimum Gasteiger partial charge on any atom is -0.307 e. The Hall–Kier alpha value is -2.10. The number of hydrogen-bond acceptors (Lipinski definition) is 2. The summed E-state index contributed by atoms with van der Waals surface area (Å²) in [5.74, 6) is 0.735. The topological polar surface area (TPSA) is 46.9 Å². The number of aromatic nitrogens is 2. The van der Waals surface area contributed by atoms with Gasteiger partial charge in [-0.15, -0.1) is 0 Å². The van der Waals surface area contributed by atoms with Crippen LogP contribution in [0.25, 0.3) is 0 Å². The summed E-state index contributed by atoms with van der Waals surface area (Å²) in [5, 5.41) is 7.63. The van der Waals surface area contributed by atoms with Crippen molar-refractivity contribution in [3.05, 3.63) is 47.2 Å². The van der Waals surface area contributed by atoms with Crippen molar-refractivity contribution in [2.24, 2.45) is 0 Å². The van der Waals surface area contributed by atoms with Crippen molar-refractivity contribution >= 4 is 11.7 Å². The standard InChI is InChI=1S/C20H27N3O/c1-14-13-18(23(22-14)17-7-5-6-8-17)21-19(24)15-9-11-16(12-10-15)20(2,3)4/h9-13,17H,5-8H2,1-4H3,(H,21,24). The number of carbonyl (C=O) groups is 1. The largest absolute Gasteiger partial charge is 0.307 e. The van der Waals surface area contributed by atoms with Gasteiger partial charge in [-0.25, -0.2) is 4.68 Å². The minimum absolute atomic E-state index is 0.0744. The molecule has 0 unspecified atom stereocenters. The summed E-state index contributed by atoms with van der Waals surface area (Å²) >= 11 is 0. The molecule has 1 N–H and O–H groups in total. The van der Waals surface area contributed by atoms with Crippen molar-refractivity contribution in [1.29, 1.82) is 0 Å². The molecule has 3 rings (SSSR count). The number of benzene rings is 1. The summed E-state index contributed by atoms with van der Waals surface area (Å²) in [4.78, 5) is 12.6. The molecule has 2 aromatic rings. The molecule has 0 atom stereocenters. The third-order valence-electron chi connectivity index (χ3n) is 4.78. The predicted octanol–water partition coefficient (Wildman–Crippen LogP) is 4.86. The molecule has 1 amide bonds. The summed E-state index contributed by atoms with van der Waals surface area (Å²) in [7, 11) is 0. The number of amides is 1. The molecule has 128 valence electrons. The number of hydrogen-bond donors (Lipinski definition) is 1. The number of rotatable bonds is 3. The first-order valence-corrected chi connectivity index (χ1v) is 8.82. The van der Waals surface area contributed by atoms with Gasteiger partial charge in [-0.05, 0) is 42.9 Å². The maximum absolute atomic E-state index is 12.6. The molecule has 0 aliphatic heterocycles. The Balaban J connectivity index is 1.77. The highest BCUT2D eigenvalue weighted by atomic mass is 16.1. The van der Waals surface area contributed by atoms with E-state index in [9.17, 15) is 4.79 Å². The molecule has 4 nitrogen and oxygen atoms in total. The van der Waals surface area contributed by atoms with Gasteiger partial charge in [0.1, 0.15) is 5.82 Å². The Labute approximate surface area is 144 Å². The van der Waals surface area contributed by atoms with E-state index in [-0.39, 0.29) is 11.3 Å². The van der Waals surface area contributed by atoms with Crippen LogP contribution in [0.2, 0.25) is 0 Å². The van der Waals surface area contributed by atoms with Gasteiger partial charge in [0.2, 0.25) is 0 Å². The minimum atomic E-state index is -0.0744. The van der Waals surface area contributed by atoms with Gasteiger partial charge >= 0.3 is 0 Å². The van der Waals surface area contributed by atoms with E-state index in [0.29, 0.717) is 11.6 Å². The second-order valence-electron chi connectivity index (χ2n) is 7.84. The van der Waals surface area contributed by atoms with Crippen molar-refractivity contribution < 1.29 is 4.79 Å². The van der Waals surface area contributed by atoms with Crippen LogP contribution in [0.5, 0.6) is 0 Å². The predicted molar refractivity (Wildman–Crippen MR) is 97.6 cm³/mol. The summed E-state index contributed by atoms with van der Waals surface area (Å²) in [6.07, 6.45) is 4.77. The fraction of sp³-hybridized carbons (Fsp3) is 0.500. The Kier molecular flexibility index (Phi) is 4.48. The van der Waals surface area contributed by atoms with Crippen LogP contribution in [0.15, 0.2) is 30.3 Å². The molecule has 1 aromatic carbocycles. The highest BCUT2D eigenvalue weighted by Crippen LogP contribution is 2.32. The van der Waals surface area contributed by atoms with Crippen LogP contribution >= 0.6 is 0 Å². The molecule has 24 heavy (non-hydrogen) atoms. The first kappa shape index (κ1) is 16.7. The third-order valence-corrected chi connectivity index (χ3v) is 4.78. The smallest absolute Gasteiger partial charge is 0.256 e. The summed E-state index contributed by atoms with van der Waals surface area (Å²) < 4.78 is 2.00. The number of anilines is 1. The highest BCUT2D eigenvalue weighted by molar-refractivity contribution is 6.03. The molecule has 0 spiro atoms. The molecule has 1 aliphatic carbocycles. The van der Waals surface area contributed by atoms with Crippen LogP contribution < -0.4 is 5.32 Å². The summed E-state index contributed by atoms with van der Waals surface area (Å²) in [6.45, 7) is 8.49. The molecule has 0 bridgehead atoms. The van der Waals surface area contributed by atoms with Crippen LogP contribution in [0.4, 0.5) is 5.82 Å². The SMILES string of the molecule is Cc1cc(NC(=O)c2ccc(C(C)(C)C)cc2)n(C2CCCC2)n1. The lowest BCUT2D eigenvalue weighted by molar-refractivity contribution is 0.102. The van der Waals surface area contributed by atoms with E-state index >= 15 is 0 Å². The Morgan fingerprint density at radius 3 is 2.38 bits per heavy atom. The second-order valence-corrected chi connectivity index (χ2v) is 7.84. The van der Waals surface area contributed by atoms with E-state index in [1.54, 1.807) is 0 Å². The molecule has 1 heterocycles. The quantitative estimate of drug-likeness (QED) is 0.876. The number of aryl methyl sites for hydroxylation is 1. The van der Waals surface area contributed by atoms with Gasteiger partial charge in [-0.2, -0.15) is 5.10 Å². The fourth-order valence-electron chi connectivity index (χ4n) is 3.35. The number of carbonyl (C=O) groups excluding carboxylic acids is 1. The molecule has 1 aliphatic rings. The molecule has 0 saturated heterocycles. The number of nitrogens with zero attached hydrogens (tertiary/aromatic N) is 2. The zero-order valence-electron chi connectivity index (χ0n) is 15.1. The van der Waals surface area contributed by atoms with Gasteiger partial charge < -0.3 is 5.32 Å². The van der Waals surface area contributed by atoms with Crippen molar-refractivity contribution in [2.75, 3.05) is 5.32 Å². The first-order chi connectivity index (χ1) is 11.3. The van der Waals surface area contributed by atoms with E-state index in [1.807, 2.05) is 41.9 Å². The van der Waals surface area contributed by atoms with Gasteiger partial charge in [-0.1, -0.05) is 45.7 Å². The van der Waals surface area contributed by atoms with Crippen LogP contribution in [0, 0.1) is 6.92 Å². The zero-order valence-corrected chi connectivity index (χ0v) is 15.1. The Bertz CT molecular complexity index is 716. The normalized spacial score (nSPS) is 15.7. The van der Waals surface area contributed by atoms with E-state index in [4.69, 9.17) is 0 Å². The van der Waals surface area contributed by atoms with Crippen LogP contribution in [-0.2, 0) is 5.41 Å². The Morgan fingerprint density at radius 1 is 1.17 bits per heavy atom. The van der Waals surface area contributed by atoms with Gasteiger partial charge in [0.25, 0.3) is 5.91 Å². The molecule has 1 fully saturated rings. The summed E-state index contributed by atoms with van der Waals surface area (Å²) in [6, 6.07) is 10.2. The van der Waals surface area contributed by atoms with Crippen LogP contribution in [-0.4, -0.2) is 15.7 Å². The van der Waals surface area contributed by atoms with E-state index in [0.717, 1.165) is 24.4 Å². The van der Waals surface area contributed by atoms with Crippen molar-refractivity contribution in [3.63, 3.8) is 0 Å². The maximum Gasteiger partial charge on any atom is 0.256 e. The van der Waals surface area contributed by atoms with E-state index in [1.165, 1.54) is 18.4 Å². The van der Waals surface area contributed by atoms with Crippen molar-refractivity contribution in [2.45, 2.75) is 64.8 Å². The average molecular weight is 325 g/mol. The highest BCUT2D eigenvalue weighted by Gasteiger charge is 2.22. The van der Waals surface area contributed by atoms with Crippen LogP contribution in [0.3, 0.4) is 0 Å². The molecule has 0 radical (unpaired) electrons. The Morgan fingerprint density at radius 2 is 1.79 bits per heavy atom. The maximum atomic E-state index is 12.6. The fourth-order valence-corrected chi connectivity index (χ4v) is 3.35. The number of nitrogens with one attached hydrogen (secondary N) is 1. The lowest BCUT2D eigenvalue weighted by Crippen LogP contribution is -2.18. The van der Waals surface area contributed by atoms with E-state index in [2.05, 4.69) is 31.2 Å². The first-order valence-electron chi connectivity index (χ1n) is 8.82. The molecule has 1 saturated carbocycles. The molecule has 1 aromatic heterocycles. The average Bonchev–Trinajstić information content (AvgIpc) is 3.16. The van der Waals surface area contributed by atoms with Gasteiger partial charge in [0, 0.05) is 11.6 Å². The van der Waals surface area contributed by atoms with Crippen LogP contribution in [0.1, 0.15) is 74.1 Å². The lowest BCUT2D eigenvalue weighted by atomic mass is 9.87. The van der Waals surface area contributed by atoms with E-state index < -0.39 is 0 Å². The van der Waals surface area contributed by atoms with Crippen molar-refractivity contribution in [1.82, 2.24) is 9.78 Å². The van der Waals surface area contributed by atoms with Gasteiger partial charge in [0.05, 0.1) is 11.7 Å². The molecular formula is C20H27N3O. The van der Waals surface area contributed by atoms with Gasteiger partial charge in [0.15, 0.2) is 0 Å². The monoisotopic (exact) mass is 325 g/mol. The third kappa shape index (κ3) is 3.53. The second kappa shape index (κ2) is 6.42. The summed E-state index contributed by atoms with van der Waals surface area (Å²) in [5.41, 5.74) is 2.94. The van der Waals surface area contributed by atoms with Crippen molar-refractivity contribution in [3.8, 4) is 0 Å².